The lowest BCUT2D eigenvalue weighted by Crippen LogP contribution is -2.20. The Balaban J connectivity index is 2.16. The van der Waals surface area contributed by atoms with E-state index in [1.807, 2.05) is 13.2 Å². The molecule has 2 aromatic heterocycles. The van der Waals surface area contributed by atoms with Gasteiger partial charge in [0.25, 0.3) is 0 Å². The summed E-state index contributed by atoms with van der Waals surface area (Å²) in [6, 6.07) is 2.47. The molecule has 0 fully saturated rings. The average Bonchev–Trinajstić information content (AvgIpc) is 2.95. The molecule has 0 aliphatic heterocycles. The van der Waals surface area contributed by atoms with Crippen LogP contribution < -0.4 is 5.32 Å². The molecule has 0 spiro atoms. The van der Waals surface area contributed by atoms with E-state index >= 15 is 0 Å². The zero-order chi connectivity index (χ0) is 13.8. The van der Waals surface area contributed by atoms with E-state index in [1.54, 1.807) is 11.3 Å². The van der Waals surface area contributed by atoms with Crippen molar-refractivity contribution >= 4 is 43.2 Å². The first kappa shape index (κ1) is 15.2. The second-order valence-corrected chi connectivity index (χ2v) is 7.61. The molecule has 1 unspecified atom stereocenters. The number of aromatic nitrogens is 2. The van der Waals surface area contributed by atoms with Crippen LogP contribution in [0.2, 0.25) is 0 Å². The van der Waals surface area contributed by atoms with Crippen molar-refractivity contribution in [2.24, 2.45) is 0 Å². The van der Waals surface area contributed by atoms with Crippen molar-refractivity contribution in [3.8, 4) is 0 Å². The SMILES string of the molecule is CCCn1ccnc1CC(NC)c1cc(Br)c(Br)s1. The van der Waals surface area contributed by atoms with Crippen LogP contribution >= 0.6 is 43.2 Å². The molecule has 2 heterocycles. The van der Waals surface area contributed by atoms with Gasteiger partial charge in [-0.05, 0) is 51.4 Å². The Morgan fingerprint density at radius 1 is 1.47 bits per heavy atom. The number of nitrogens with zero attached hydrogens (tertiary/aromatic N) is 2. The highest BCUT2D eigenvalue weighted by atomic mass is 79.9. The third kappa shape index (κ3) is 3.68. The first-order valence-corrected chi connectivity index (χ1v) is 8.68. The molecule has 6 heteroatoms. The van der Waals surface area contributed by atoms with Crippen LogP contribution in [0.25, 0.3) is 0 Å². The molecular formula is C13H17Br2N3S. The molecule has 0 aliphatic carbocycles. The molecule has 0 aliphatic rings. The average molecular weight is 407 g/mol. The fourth-order valence-electron chi connectivity index (χ4n) is 2.04. The number of nitrogens with one attached hydrogen (secondary N) is 1. The Morgan fingerprint density at radius 2 is 2.26 bits per heavy atom. The Hall–Kier alpha value is -0.170. The van der Waals surface area contributed by atoms with Crippen LogP contribution in [0.5, 0.6) is 0 Å². The first-order valence-electron chi connectivity index (χ1n) is 6.27. The molecule has 2 rings (SSSR count). The van der Waals surface area contributed by atoms with Gasteiger partial charge in [0.15, 0.2) is 0 Å². The summed E-state index contributed by atoms with van der Waals surface area (Å²) in [5.74, 6) is 1.14. The van der Waals surface area contributed by atoms with Crippen LogP contribution in [-0.2, 0) is 13.0 Å². The van der Waals surface area contributed by atoms with Crippen molar-refractivity contribution in [2.45, 2.75) is 32.4 Å². The predicted molar refractivity (Wildman–Crippen MR) is 87.7 cm³/mol. The van der Waals surface area contributed by atoms with Gasteiger partial charge < -0.3 is 9.88 Å². The van der Waals surface area contributed by atoms with Gasteiger partial charge in [0.05, 0.1) is 3.79 Å². The highest BCUT2D eigenvalue weighted by Crippen LogP contribution is 2.36. The van der Waals surface area contributed by atoms with Crippen molar-refractivity contribution in [1.29, 1.82) is 0 Å². The molecule has 19 heavy (non-hydrogen) atoms. The second kappa shape index (κ2) is 7.02. The van der Waals surface area contributed by atoms with E-state index in [2.05, 4.69) is 65.9 Å². The summed E-state index contributed by atoms with van der Waals surface area (Å²) in [5, 5.41) is 3.38. The maximum atomic E-state index is 4.48. The van der Waals surface area contributed by atoms with Crippen LogP contribution in [0.3, 0.4) is 0 Å². The highest BCUT2D eigenvalue weighted by molar-refractivity contribution is 9.13. The maximum Gasteiger partial charge on any atom is 0.110 e. The summed E-state index contributed by atoms with van der Waals surface area (Å²) < 4.78 is 4.49. The summed E-state index contributed by atoms with van der Waals surface area (Å²) in [6.45, 7) is 3.22. The Kier molecular flexibility index (Phi) is 5.62. The summed E-state index contributed by atoms with van der Waals surface area (Å²) in [4.78, 5) is 5.79. The summed E-state index contributed by atoms with van der Waals surface area (Å²) in [6.07, 6.45) is 5.98. The van der Waals surface area contributed by atoms with Gasteiger partial charge in [0.2, 0.25) is 0 Å². The van der Waals surface area contributed by atoms with Crippen LogP contribution in [0.15, 0.2) is 26.7 Å². The minimum absolute atomic E-state index is 0.297. The molecule has 0 bridgehead atoms. The number of imidazole rings is 1. The van der Waals surface area contributed by atoms with E-state index in [-0.39, 0.29) is 0 Å². The van der Waals surface area contributed by atoms with Gasteiger partial charge in [-0.15, -0.1) is 11.3 Å². The maximum absolute atomic E-state index is 4.48. The number of hydrogen-bond donors (Lipinski definition) is 1. The molecule has 0 saturated heterocycles. The molecule has 1 atom stereocenters. The number of hydrogen-bond acceptors (Lipinski definition) is 3. The monoisotopic (exact) mass is 405 g/mol. The van der Waals surface area contributed by atoms with Crippen molar-refractivity contribution in [1.82, 2.24) is 14.9 Å². The van der Waals surface area contributed by atoms with Gasteiger partial charge in [-0.1, -0.05) is 6.92 Å². The third-order valence-electron chi connectivity index (χ3n) is 3.01. The molecule has 0 aromatic carbocycles. The number of halogens is 2. The quantitative estimate of drug-likeness (QED) is 0.771. The minimum Gasteiger partial charge on any atom is -0.335 e. The van der Waals surface area contributed by atoms with Gasteiger partial charge in [-0.25, -0.2) is 4.98 Å². The molecule has 0 amide bonds. The van der Waals surface area contributed by atoms with Crippen molar-refractivity contribution in [2.75, 3.05) is 7.05 Å². The zero-order valence-electron chi connectivity index (χ0n) is 11.0. The van der Waals surface area contributed by atoms with E-state index < -0.39 is 0 Å². The topological polar surface area (TPSA) is 29.9 Å². The molecule has 0 radical (unpaired) electrons. The van der Waals surface area contributed by atoms with Crippen LogP contribution in [0.1, 0.15) is 30.1 Å². The van der Waals surface area contributed by atoms with Gasteiger partial charge in [0.1, 0.15) is 5.82 Å². The van der Waals surface area contributed by atoms with Crippen LogP contribution in [0, 0.1) is 0 Å². The van der Waals surface area contributed by atoms with Crippen molar-refractivity contribution in [3.63, 3.8) is 0 Å². The molecule has 2 aromatic rings. The largest absolute Gasteiger partial charge is 0.335 e. The predicted octanol–water partition coefficient (Wildman–Crippen LogP) is 4.38. The Bertz CT molecular complexity index is 516. The first-order chi connectivity index (χ1) is 9.15. The lowest BCUT2D eigenvalue weighted by atomic mass is 10.1. The lowest BCUT2D eigenvalue weighted by Gasteiger charge is -2.15. The van der Waals surface area contributed by atoms with Gasteiger partial charge in [-0.2, -0.15) is 0 Å². The van der Waals surface area contributed by atoms with Crippen molar-refractivity contribution in [3.05, 3.63) is 37.4 Å². The Morgan fingerprint density at radius 3 is 2.84 bits per heavy atom. The minimum atomic E-state index is 0.297. The van der Waals surface area contributed by atoms with E-state index in [0.29, 0.717) is 6.04 Å². The summed E-state index contributed by atoms with van der Waals surface area (Å²) in [7, 11) is 2.00. The lowest BCUT2D eigenvalue weighted by molar-refractivity contribution is 0.549. The molecule has 3 nitrogen and oxygen atoms in total. The Labute approximate surface area is 134 Å². The van der Waals surface area contributed by atoms with Crippen LogP contribution in [-0.4, -0.2) is 16.6 Å². The fourth-order valence-corrected chi connectivity index (χ4v) is 4.24. The fraction of sp³-hybridized carbons (Fsp3) is 0.462. The number of rotatable bonds is 6. The molecule has 0 saturated carbocycles. The number of thiophene rings is 1. The summed E-state index contributed by atoms with van der Waals surface area (Å²) >= 11 is 8.86. The van der Waals surface area contributed by atoms with E-state index in [4.69, 9.17) is 0 Å². The number of likely N-dealkylation sites (N-methyl/N-ethyl adjacent to an activating group) is 1. The zero-order valence-corrected chi connectivity index (χ0v) is 15.0. The van der Waals surface area contributed by atoms with Crippen LogP contribution in [0.4, 0.5) is 0 Å². The molecule has 1 N–H and O–H groups in total. The van der Waals surface area contributed by atoms with Gasteiger partial charge in [0, 0.05) is 40.8 Å². The van der Waals surface area contributed by atoms with E-state index in [1.165, 1.54) is 4.88 Å². The van der Waals surface area contributed by atoms with E-state index in [0.717, 1.165) is 33.5 Å². The third-order valence-corrected chi connectivity index (χ3v) is 6.38. The highest BCUT2D eigenvalue weighted by Gasteiger charge is 2.17. The normalized spacial score (nSPS) is 12.8. The second-order valence-electron chi connectivity index (χ2n) is 4.35. The number of aryl methyl sites for hydroxylation is 1. The molecular weight excluding hydrogens is 390 g/mol. The van der Waals surface area contributed by atoms with Gasteiger partial charge in [-0.3, -0.25) is 0 Å². The van der Waals surface area contributed by atoms with E-state index in [9.17, 15) is 0 Å². The standard InChI is InChI=1S/C13H17Br2N3S/c1-3-5-18-6-4-17-12(18)8-10(16-2)11-7-9(14)13(15)19-11/h4,6-7,10,16H,3,5,8H2,1-2H3. The summed E-state index contributed by atoms with van der Waals surface area (Å²) in [5.41, 5.74) is 0. The van der Waals surface area contributed by atoms with Gasteiger partial charge >= 0.3 is 0 Å². The molecule has 104 valence electrons. The smallest absolute Gasteiger partial charge is 0.110 e. The van der Waals surface area contributed by atoms with Crippen molar-refractivity contribution < 1.29 is 0 Å².